The number of esters is 1. The lowest BCUT2D eigenvalue weighted by Gasteiger charge is -2.30. The van der Waals surface area contributed by atoms with E-state index < -0.39 is 0 Å². The average molecular weight is 228 g/mol. The van der Waals surface area contributed by atoms with E-state index in [1.54, 1.807) is 0 Å². The Morgan fingerprint density at radius 3 is 3.00 bits per heavy atom. The fourth-order valence-electron chi connectivity index (χ4n) is 2.19. The second-order valence-electron chi connectivity index (χ2n) is 4.70. The second kappa shape index (κ2) is 5.12. The van der Waals surface area contributed by atoms with Gasteiger partial charge in [0.05, 0.1) is 12.7 Å². The van der Waals surface area contributed by atoms with Gasteiger partial charge in [-0.1, -0.05) is 0 Å². The minimum Gasteiger partial charge on any atom is -0.461 e. The van der Waals surface area contributed by atoms with Gasteiger partial charge in [-0.05, 0) is 14.0 Å². The highest BCUT2D eigenvalue weighted by Crippen LogP contribution is 2.14. The molecule has 0 aliphatic carbocycles. The molecule has 0 bridgehead atoms. The Hall–Kier alpha value is -0.650. The van der Waals surface area contributed by atoms with Gasteiger partial charge in [-0.2, -0.15) is 0 Å². The molecule has 0 aromatic carbocycles. The summed E-state index contributed by atoms with van der Waals surface area (Å²) in [6, 6.07) is -0.147. The van der Waals surface area contributed by atoms with Crippen molar-refractivity contribution in [2.75, 3.05) is 33.3 Å². The lowest BCUT2D eigenvalue weighted by Crippen LogP contribution is -2.47. The lowest BCUT2D eigenvalue weighted by atomic mass is 10.2. The number of nitrogens with one attached hydrogen (secondary N) is 1. The first-order chi connectivity index (χ1) is 7.65. The number of hydrogen-bond acceptors (Lipinski definition) is 5. The number of carbonyl (C=O) groups is 1. The molecule has 2 aliphatic heterocycles. The summed E-state index contributed by atoms with van der Waals surface area (Å²) in [7, 11) is 2.08. The van der Waals surface area contributed by atoms with Crippen LogP contribution in [0.4, 0.5) is 0 Å². The van der Waals surface area contributed by atoms with E-state index in [0.29, 0.717) is 0 Å². The summed E-state index contributed by atoms with van der Waals surface area (Å²) in [5.74, 6) is -0.128. The van der Waals surface area contributed by atoms with E-state index in [-0.39, 0.29) is 24.2 Å². The summed E-state index contributed by atoms with van der Waals surface area (Å²) in [4.78, 5) is 13.6. The molecule has 1 N–H and O–H groups in total. The average Bonchev–Trinajstić information content (AvgIpc) is 2.54. The van der Waals surface area contributed by atoms with Crippen molar-refractivity contribution in [3.05, 3.63) is 0 Å². The van der Waals surface area contributed by atoms with Crippen molar-refractivity contribution in [1.29, 1.82) is 0 Å². The Bertz CT molecular complexity index is 260. The number of cyclic esters (lactones) is 1. The van der Waals surface area contributed by atoms with Crippen LogP contribution in [0.3, 0.4) is 0 Å². The maximum Gasteiger partial charge on any atom is 0.323 e. The van der Waals surface area contributed by atoms with E-state index in [0.717, 1.165) is 32.7 Å². The molecule has 0 unspecified atom stereocenters. The van der Waals surface area contributed by atoms with Gasteiger partial charge in [0.1, 0.15) is 12.1 Å². The van der Waals surface area contributed by atoms with E-state index in [9.17, 15) is 4.79 Å². The molecule has 92 valence electrons. The predicted octanol–water partition coefficient (Wildman–Crippen LogP) is -0.389. The number of hydrogen-bond donors (Lipinski definition) is 1. The minimum atomic E-state index is -0.147. The fourth-order valence-corrected chi connectivity index (χ4v) is 2.19. The normalized spacial score (nSPS) is 36.4. The van der Waals surface area contributed by atoms with Crippen molar-refractivity contribution in [2.24, 2.45) is 0 Å². The Labute approximate surface area is 96.1 Å². The third-order valence-corrected chi connectivity index (χ3v) is 3.10. The van der Waals surface area contributed by atoms with Crippen LogP contribution in [-0.2, 0) is 14.3 Å². The molecular weight excluding hydrogens is 208 g/mol. The summed E-state index contributed by atoms with van der Waals surface area (Å²) >= 11 is 0. The fraction of sp³-hybridized carbons (Fsp3) is 0.909. The first kappa shape index (κ1) is 11.8. The summed E-state index contributed by atoms with van der Waals surface area (Å²) in [5, 5.41) is 3.23. The zero-order chi connectivity index (χ0) is 11.5. The highest BCUT2D eigenvalue weighted by molar-refractivity contribution is 5.77. The minimum absolute atomic E-state index is 0.0416. The van der Waals surface area contributed by atoms with Crippen LogP contribution < -0.4 is 5.32 Å². The third-order valence-electron chi connectivity index (χ3n) is 3.10. The SMILES string of the molecule is C[C@@H]1C[C@H](NC[C@@H]2CN(C)CCO2)C(=O)O1. The first-order valence-electron chi connectivity index (χ1n) is 5.89. The monoisotopic (exact) mass is 228 g/mol. The van der Waals surface area contributed by atoms with Gasteiger partial charge in [-0.25, -0.2) is 0 Å². The molecule has 3 atom stereocenters. The molecule has 5 heteroatoms. The molecule has 2 heterocycles. The summed E-state index contributed by atoms with van der Waals surface area (Å²) in [6.07, 6.45) is 0.990. The van der Waals surface area contributed by atoms with Gasteiger partial charge in [0.15, 0.2) is 0 Å². The van der Waals surface area contributed by atoms with E-state index in [2.05, 4.69) is 17.3 Å². The van der Waals surface area contributed by atoms with Crippen LogP contribution in [0.2, 0.25) is 0 Å². The maximum atomic E-state index is 11.4. The Kier molecular flexibility index (Phi) is 3.78. The van der Waals surface area contributed by atoms with E-state index in [1.807, 2.05) is 6.92 Å². The van der Waals surface area contributed by atoms with Crippen LogP contribution in [0.1, 0.15) is 13.3 Å². The molecular formula is C11H20N2O3. The molecule has 5 nitrogen and oxygen atoms in total. The van der Waals surface area contributed by atoms with Gasteiger partial charge in [-0.3, -0.25) is 4.79 Å². The van der Waals surface area contributed by atoms with Crippen molar-refractivity contribution in [3.63, 3.8) is 0 Å². The van der Waals surface area contributed by atoms with Crippen molar-refractivity contribution in [3.8, 4) is 0 Å². The number of morpholine rings is 1. The largest absolute Gasteiger partial charge is 0.461 e. The van der Waals surface area contributed by atoms with Crippen molar-refractivity contribution < 1.29 is 14.3 Å². The van der Waals surface area contributed by atoms with Gasteiger partial charge in [0, 0.05) is 26.1 Å². The molecule has 0 spiro atoms. The standard InChI is InChI=1S/C11H20N2O3/c1-8-5-10(11(14)16-8)12-6-9-7-13(2)3-4-15-9/h8-10,12H,3-7H2,1-2H3/t8-,9-,10+/m1/s1. The van der Waals surface area contributed by atoms with Gasteiger partial charge in [0.2, 0.25) is 0 Å². The molecule has 0 saturated carbocycles. The number of likely N-dealkylation sites (N-methyl/N-ethyl adjacent to an activating group) is 1. The van der Waals surface area contributed by atoms with E-state index in [1.165, 1.54) is 0 Å². The predicted molar refractivity (Wildman–Crippen MR) is 59.2 cm³/mol. The smallest absolute Gasteiger partial charge is 0.323 e. The summed E-state index contributed by atoms with van der Waals surface area (Å²) in [6.45, 7) is 5.32. The molecule has 0 amide bonds. The van der Waals surface area contributed by atoms with Crippen molar-refractivity contribution in [1.82, 2.24) is 10.2 Å². The molecule has 0 aromatic heterocycles. The van der Waals surface area contributed by atoms with Crippen molar-refractivity contribution >= 4 is 5.97 Å². The summed E-state index contributed by atoms with van der Waals surface area (Å²) in [5.41, 5.74) is 0. The van der Waals surface area contributed by atoms with Gasteiger partial charge >= 0.3 is 5.97 Å². The molecule has 2 rings (SSSR count). The highest BCUT2D eigenvalue weighted by Gasteiger charge is 2.32. The van der Waals surface area contributed by atoms with Crippen LogP contribution in [-0.4, -0.2) is 62.4 Å². The lowest BCUT2D eigenvalue weighted by molar-refractivity contribution is -0.142. The van der Waals surface area contributed by atoms with Gasteiger partial charge in [-0.15, -0.1) is 0 Å². The van der Waals surface area contributed by atoms with Gasteiger partial charge < -0.3 is 19.7 Å². The highest BCUT2D eigenvalue weighted by atomic mass is 16.6. The molecule has 2 aliphatic rings. The van der Waals surface area contributed by atoms with Crippen LogP contribution in [0, 0.1) is 0 Å². The molecule has 2 saturated heterocycles. The second-order valence-corrected chi connectivity index (χ2v) is 4.70. The molecule has 0 aromatic rings. The molecule has 16 heavy (non-hydrogen) atoms. The third kappa shape index (κ3) is 2.93. The van der Waals surface area contributed by atoms with Crippen LogP contribution in [0.5, 0.6) is 0 Å². The van der Waals surface area contributed by atoms with Crippen LogP contribution >= 0.6 is 0 Å². The Balaban J connectivity index is 1.72. The van der Waals surface area contributed by atoms with Gasteiger partial charge in [0.25, 0.3) is 0 Å². The zero-order valence-corrected chi connectivity index (χ0v) is 9.94. The molecule has 0 radical (unpaired) electrons. The quantitative estimate of drug-likeness (QED) is 0.667. The number of nitrogens with zero attached hydrogens (tertiary/aromatic N) is 1. The number of rotatable bonds is 3. The van der Waals surface area contributed by atoms with Crippen LogP contribution in [0.15, 0.2) is 0 Å². The Morgan fingerprint density at radius 1 is 1.56 bits per heavy atom. The maximum absolute atomic E-state index is 11.4. The number of ether oxygens (including phenoxy) is 2. The number of carbonyl (C=O) groups excluding carboxylic acids is 1. The van der Waals surface area contributed by atoms with E-state index >= 15 is 0 Å². The van der Waals surface area contributed by atoms with Crippen LogP contribution in [0.25, 0.3) is 0 Å². The Morgan fingerprint density at radius 2 is 2.38 bits per heavy atom. The zero-order valence-electron chi connectivity index (χ0n) is 9.94. The molecule has 2 fully saturated rings. The van der Waals surface area contributed by atoms with E-state index in [4.69, 9.17) is 9.47 Å². The first-order valence-corrected chi connectivity index (χ1v) is 5.89. The van der Waals surface area contributed by atoms with Crippen molar-refractivity contribution in [2.45, 2.75) is 31.6 Å². The topological polar surface area (TPSA) is 50.8 Å². The summed E-state index contributed by atoms with van der Waals surface area (Å²) < 4.78 is 10.7.